The SMILES string of the molecule is CCCc1nnc2n1N[C@H](c1ccc(OC)cc1)[C@@H](C(=O)Nc1ccccc1C)S2. The molecular weight excluding hydrogens is 398 g/mol. The highest BCUT2D eigenvalue weighted by atomic mass is 32.2. The quantitative estimate of drug-likeness (QED) is 0.625. The van der Waals surface area contributed by atoms with Gasteiger partial charge in [0.25, 0.3) is 0 Å². The first-order chi connectivity index (χ1) is 14.6. The number of carbonyl (C=O) groups excluding carboxylic acids is 1. The van der Waals surface area contributed by atoms with E-state index in [9.17, 15) is 4.79 Å². The van der Waals surface area contributed by atoms with Crippen LogP contribution < -0.4 is 15.5 Å². The number of nitrogens with zero attached hydrogens (tertiary/aromatic N) is 3. The van der Waals surface area contributed by atoms with Gasteiger partial charge in [-0.05, 0) is 42.7 Å². The number of aromatic nitrogens is 3. The van der Waals surface area contributed by atoms with Gasteiger partial charge in [0.05, 0.1) is 13.2 Å². The molecule has 4 rings (SSSR count). The largest absolute Gasteiger partial charge is 0.497 e. The topological polar surface area (TPSA) is 81.1 Å². The van der Waals surface area contributed by atoms with Gasteiger partial charge in [-0.1, -0.05) is 49.0 Å². The van der Waals surface area contributed by atoms with E-state index in [1.165, 1.54) is 11.8 Å². The van der Waals surface area contributed by atoms with Crippen LogP contribution in [0.4, 0.5) is 5.69 Å². The molecule has 0 fully saturated rings. The summed E-state index contributed by atoms with van der Waals surface area (Å²) in [5.41, 5.74) is 6.32. The molecule has 0 saturated heterocycles. The van der Waals surface area contributed by atoms with Gasteiger partial charge in [0.15, 0.2) is 5.82 Å². The van der Waals surface area contributed by atoms with Crippen molar-refractivity contribution in [3.8, 4) is 5.75 Å². The van der Waals surface area contributed by atoms with Gasteiger partial charge in [-0.25, -0.2) is 4.68 Å². The van der Waals surface area contributed by atoms with E-state index in [-0.39, 0.29) is 11.9 Å². The van der Waals surface area contributed by atoms with Crippen LogP contribution in [0.1, 0.15) is 36.3 Å². The van der Waals surface area contributed by atoms with Gasteiger partial charge in [-0.2, -0.15) is 0 Å². The maximum atomic E-state index is 13.3. The summed E-state index contributed by atoms with van der Waals surface area (Å²) < 4.78 is 7.21. The van der Waals surface area contributed by atoms with Gasteiger partial charge >= 0.3 is 0 Å². The van der Waals surface area contributed by atoms with Crippen molar-refractivity contribution in [1.29, 1.82) is 0 Å². The van der Waals surface area contributed by atoms with Crippen LogP contribution in [0.25, 0.3) is 0 Å². The number of hydrogen-bond donors (Lipinski definition) is 2. The van der Waals surface area contributed by atoms with Crippen LogP contribution in [-0.2, 0) is 11.2 Å². The third-order valence-corrected chi connectivity index (χ3v) is 6.33. The first-order valence-corrected chi connectivity index (χ1v) is 10.9. The van der Waals surface area contributed by atoms with Crippen LogP contribution in [0.3, 0.4) is 0 Å². The first kappa shape index (κ1) is 20.3. The van der Waals surface area contributed by atoms with E-state index in [0.29, 0.717) is 5.16 Å². The molecule has 3 aromatic rings. The number of fused-ring (bicyclic) bond motifs is 1. The summed E-state index contributed by atoms with van der Waals surface area (Å²) in [7, 11) is 1.64. The molecule has 0 unspecified atom stereocenters. The summed E-state index contributed by atoms with van der Waals surface area (Å²) in [6.45, 7) is 4.09. The maximum Gasteiger partial charge on any atom is 0.240 e. The van der Waals surface area contributed by atoms with Crippen molar-refractivity contribution in [2.75, 3.05) is 17.9 Å². The van der Waals surface area contributed by atoms with Gasteiger partial charge in [-0.15, -0.1) is 10.2 Å². The Morgan fingerprint density at radius 1 is 1.20 bits per heavy atom. The smallest absolute Gasteiger partial charge is 0.240 e. The molecule has 1 amide bonds. The monoisotopic (exact) mass is 423 g/mol. The minimum absolute atomic E-state index is 0.0751. The van der Waals surface area contributed by atoms with Crippen molar-refractivity contribution in [3.05, 3.63) is 65.5 Å². The molecule has 30 heavy (non-hydrogen) atoms. The predicted molar refractivity (Wildman–Crippen MR) is 119 cm³/mol. The fourth-order valence-corrected chi connectivity index (χ4v) is 4.56. The molecule has 0 saturated carbocycles. The Labute approximate surface area is 180 Å². The van der Waals surface area contributed by atoms with E-state index in [0.717, 1.165) is 41.2 Å². The first-order valence-electron chi connectivity index (χ1n) is 9.98. The van der Waals surface area contributed by atoms with E-state index in [2.05, 4.69) is 27.9 Å². The molecule has 0 bridgehead atoms. The number of aryl methyl sites for hydroxylation is 2. The molecule has 1 aliphatic rings. The number of para-hydroxylation sites is 1. The number of methoxy groups -OCH3 is 1. The van der Waals surface area contributed by atoms with Gasteiger partial charge in [0.2, 0.25) is 11.1 Å². The molecule has 0 aliphatic carbocycles. The van der Waals surface area contributed by atoms with Gasteiger partial charge in [0, 0.05) is 12.1 Å². The Bertz CT molecular complexity index is 1030. The number of rotatable bonds is 6. The molecule has 0 radical (unpaired) electrons. The molecule has 2 atom stereocenters. The van der Waals surface area contributed by atoms with Crippen molar-refractivity contribution in [2.45, 2.75) is 43.1 Å². The minimum Gasteiger partial charge on any atom is -0.497 e. The van der Waals surface area contributed by atoms with Crippen LogP contribution in [0, 0.1) is 6.92 Å². The fourth-order valence-electron chi connectivity index (χ4n) is 3.46. The summed E-state index contributed by atoms with van der Waals surface area (Å²) in [4.78, 5) is 13.3. The summed E-state index contributed by atoms with van der Waals surface area (Å²) in [6.07, 6.45) is 1.78. The zero-order chi connectivity index (χ0) is 21.1. The van der Waals surface area contributed by atoms with Gasteiger partial charge in [-0.3, -0.25) is 4.79 Å². The Balaban J connectivity index is 1.67. The number of hydrogen-bond acceptors (Lipinski definition) is 6. The summed E-state index contributed by atoms with van der Waals surface area (Å²) in [5.74, 6) is 1.57. The van der Waals surface area contributed by atoms with Crippen LogP contribution in [0.5, 0.6) is 5.75 Å². The lowest BCUT2D eigenvalue weighted by Crippen LogP contribution is -2.41. The highest BCUT2D eigenvalue weighted by Crippen LogP contribution is 2.38. The number of nitrogens with one attached hydrogen (secondary N) is 2. The second-order valence-electron chi connectivity index (χ2n) is 7.21. The zero-order valence-corrected chi connectivity index (χ0v) is 18.1. The Morgan fingerprint density at radius 3 is 2.67 bits per heavy atom. The molecule has 156 valence electrons. The number of thioether (sulfide) groups is 1. The fraction of sp³-hybridized carbons (Fsp3) is 0.318. The molecule has 7 nitrogen and oxygen atoms in total. The second-order valence-corrected chi connectivity index (χ2v) is 8.32. The molecule has 1 aliphatic heterocycles. The van der Waals surface area contributed by atoms with Crippen LogP contribution in [-0.4, -0.2) is 33.1 Å². The van der Waals surface area contributed by atoms with E-state index in [1.807, 2.05) is 60.1 Å². The number of amides is 1. The normalized spacial score (nSPS) is 17.7. The lowest BCUT2D eigenvalue weighted by molar-refractivity contribution is -0.116. The lowest BCUT2D eigenvalue weighted by Gasteiger charge is -2.33. The van der Waals surface area contributed by atoms with Crippen molar-refractivity contribution in [2.24, 2.45) is 0 Å². The number of anilines is 1. The summed E-state index contributed by atoms with van der Waals surface area (Å²) in [5, 5.41) is 12.0. The molecule has 2 N–H and O–H groups in total. The second kappa shape index (κ2) is 8.79. The van der Waals surface area contributed by atoms with E-state index in [1.54, 1.807) is 7.11 Å². The Kier molecular flexibility index (Phi) is 5.94. The third-order valence-electron chi connectivity index (χ3n) is 5.11. The number of ether oxygens (including phenoxy) is 1. The average molecular weight is 424 g/mol. The Hall–Kier alpha value is -3.00. The lowest BCUT2D eigenvalue weighted by atomic mass is 10.0. The van der Waals surface area contributed by atoms with Crippen LogP contribution in [0.2, 0.25) is 0 Å². The molecular formula is C22H25N5O2S. The van der Waals surface area contributed by atoms with E-state index < -0.39 is 5.25 Å². The summed E-state index contributed by atoms with van der Waals surface area (Å²) in [6, 6.07) is 15.3. The highest BCUT2D eigenvalue weighted by molar-refractivity contribution is 8.00. The van der Waals surface area contributed by atoms with E-state index in [4.69, 9.17) is 4.74 Å². The molecule has 2 heterocycles. The number of benzene rings is 2. The Morgan fingerprint density at radius 2 is 1.97 bits per heavy atom. The van der Waals surface area contributed by atoms with Crippen molar-refractivity contribution < 1.29 is 9.53 Å². The molecule has 0 spiro atoms. The standard InChI is InChI=1S/C22H25N5O2S/c1-4-7-18-24-25-22-27(18)26-19(15-10-12-16(29-3)13-11-15)20(30-22)21(28)23-17-9-6-5-8-14(17)2/h5-6,8-13,19-20,26H,4,7H2,1-3H3,(H,23,28)/t19-,20+/m1/s1. The molecule has 2 aromatic carbocycles. The minimum atomic E-state index is -0.413. The average Bonchev–Trinajstić information content (AvgIpc) is 3.16. The van der Waals surface area contributed by atoms with E-state index >= 15 is 0 Å². The van der Waals surface area contributed by atoms with Gasteiger partial charge < -0.3 is 15.5 Å². The van der Waals surface area contributed by atoms with Crippen LogP contribution in [0.15, 0.2) is 53.7 Å². The van der Waals surface area contributed by atoms with Crippen LogP contribution >= 0.6 is 11.8 Å². The zero-order valence-electron chi connectivity index (χ0n) is 17.3. The molecule has 1 aromatic heterocycles. The van der Waals surface area contributed by atoms with Crippen molar-refractivity contribution in [1.82, 2.24) is 14.9 Å². The highest BCUT2D eigenvalue weighted by Gasteiger charge is 2.37. The third kappa shape index (κ3) is 4.00. The predicted octanol–water partition coefficient (Wildman–Crippen LogP) is 3.95. The van der Waals surface area contributed by atoms with Crippen molar-refractivity contribution in [3.63, 3.8) is 0 Å². The molecule has 8 heteroatoms. The number of carbonyl (C=O) groups is 1. The van der Waals surface area contributed by atoms with Crippen molar-refractivity contribution >= 4 is 23.4 Å². The summed E-state index contributed by atoms with van der Waals surface area (Å²) >= 11 is 1.43. The van der Waals surface area contributed by atoms with Gasteiger partial charge in [0.1, 0.15) is 11.0 Å². The maximum absolute atomic E-state index is 13.3.